The lowest BCUT2D eigenvalue weighted by Crippen LogP contribution is -2.31. The van der Waals surface area contributed by atoms with Crippen molar-refractivity contribution in [1.29, 1.82) is 0 Å². The maximum Gasteiger partial charge on any atom is 0.243 e. The molecule has 0 bridgehead atoms. The molecule has 0 saturated carbocycles. The van der Waals surface area contributed by atoms with Gasteiger partial charge < -0.3 is 0 Å². The average molecular weight is 412 g/mol. The van der Waals surface area contributed by atoms with Gasteiger partial charge in [-0.05, 0) is 54.7 Å². The van der Waals surface area contributed by atoms with Crippen LogP contribution < -0.4 is 0 Å². The van der Waals surface area contributed by atoms with Crippen molar-refractivity contribution < 1.29 is 8.42 Å². The van der Waals surface area contributed by atoms with Crippen molar-refractivity contribution in [2.45, 2.75) is 30.2 Å². The summed E-state index contributed by atoms with van der Waals surface area (Å²) in [5.74, 6) is 0.127. The van der Waals surface area contributed by atoms with Crippen LogP contribution in [0.4, 0.5) is 0 Å². The van der Waals surface area contributed by atoms with Gasteiger partial charge in [-0.2, -0.15) is 4.31 Å². The number of hydrogen-bond donors (Lipinski definition) is 0. The largest absolute Gasteiger partial charge is 0.243 e. The first-order chi connectivity index (χ1) is 13.4. The molecule has 2 atom stereocenters. The Morgan fingerprint density at radius 3 is 2.14 bits per heavy atom. The third kappa shape index (κ3) is 3.72. The van der Waals surface area contributed by atoms with Crippen LogP contribution in [0.25, 0.3) is 0 Å². The molecule has 0 N–H and O–H groups in total. The van der Waals surface area contributed by atoms with E-state index in [0.717, 1.165) is 23.1 Å². The van der Waals surface area contributed by atoms with Crippen LogP contribution in [0.3, 0.4) is 0 Å². The molecule has 1 saturated heterocycles. The Balaban J connectivity index is 1.73. The molecule has 1 aliphatic heterocycles. The van der Waals surface area contributed by atoms with E-state index in [2.05, 4.69) is 0 Å². The lowest BCUT2D eigenvalue weighted by molar-refractivity contribution is 0.396. The number of hydrogen-bond acceptors (Lipinski definition) is 2. The standard InChI is InChI=1S/C23H22ClNO2S/c1-17-7-13-22(14-8-17)28(26,27)25-16-20(18-9-11-21(24)12-10-18)15-23(25)19-5-3-2-4-6-19/h2-14,20,23H,15-16H2,1H3. The van der Waals surface area contributed by atoms with E-state index in [4.69, 9.17) is 11.6 Å². The van der Waals surface area contributed by atoms with Gasteiger partial charge in [-0.3, -0.25) is 0 Å². The highest BCUT2D eigenvalue weighted by Gasteiger charge is 2.41. The Labute approximate surface area is 171 Å². The highest BCUT2D eigenvalue weighted by Crippen LogP contribution is 2.43. The zero-order valence-corrected chi connectivity index (χ0v) is 17.2. The van der Waals surface area contributed by atoms with Gasteiger partial charge in [0.05, 0.1) is 10.9 Å². The van der Waals surface area contributed by atoms with Gasteiger partial charge in [0.15, 0.2) is 0 Å². The summed E-state index contributed by atoms with van der Waals surface area (Å²) in [6, 6.07) is 24.5. The molecule has 1 fully saturated rings. The van der Waals surface area contributed by atoms with Gasteiger partial charge in [0.1, 0.15) is 0 Å². The summed E-state index contributed by atoms with van der Waals surface area (Å²) in [7, 11) is -3.59. The first-order valence-electron chi connectivity index (χ1n) is 9.34. The summed E-state index contributed by atoms with van der Waals surface area (Å²) in [5, 5.41) is 0.686. The lowest BCUT2D eigenvalue weighted by Gasteiger charge is -2.24. The Morgan fingerprint density at radius 1 is 0.857 bits per heavy atom. The van der Waals surface area contributed by atoms with Crippen LogP contribution in [0.2, 0.25) is 5.02 Å². The molecule has 1 heterocycles. The summed E-state index contributed by atoms with van der Waals surface area (Å²) >= 11 is 6.03. The molecule has 0 radical (unpaired) electrons. The van der Waals surface area contributed by atoms with Crippen molar-refractivity contribution in [3.63, 3.8) is 0 Å². The van der Waals surface area contributed by atoms with Gasteiger partial charge in [-0.25, -0.2) is 8.42 Å². The van der Waals surface area contributed by atoms with Gasteiger partial charge in [0, 0.05) is 11.6 Å². The zero-order chi connectivity index (χ0) is 19.7. The van der Waals surface area contributed by atoms with E-state index >= 15 is 0 Å². The Kier molecular flexibility index (Phi) is 5.28. The van der Waals surface area contributed by atoms with E-state index in [1.165, 1.54) is 0 Å². The van der Waals surface area contributed by atoms with Gasteiger partial charge in [-0.1, -0.05) is 71.8 Å². The van der Waals surface area contributed by atoms with Crippen molar-refractivity contribution in [3.05, 3.63) is 101 Å². The van der Waals surface area contributed by atoms with Crippen LogP contribution >= 0.6 is 11.6 Å². The van der Waals surface area contributed by atoms with Crippen LogP contribution in [0.5, 0.6) is 0 Å². The minimum absolute atomic E-state index is 0.127. The summed E-state index contributed by atoms with van der Waals surface area (Å²) in [5.41, 5.74) is 3.18. The summed E-state index contributed by atoms with van der Waals surface area (Å²) in [4.78, 5) is 0.343. The van der Waals surface area contributed by atoms with Crippen LogP contribution in [-0.2, 0) is 10.0 Å². The van der Waals surface area contributed by atoms with Crippen LogP contribution in [0.1, 0.15) is 35.1 Å². The molecule has 0 aliphatic carbocycles. The Hall–Kier alpha value is -2.14. The minimum Gasteiger partial charge on any atom is -0.207 e. The summed E-state index contributed by atoms with van der Waals surface area (Å²) in [6.45, 7) is 2.41. The Morgan fingerprint density at radius 2 is 1.50 bits per heavy atom. The molecule has 3 nitrogen and oxygen atoms in total. The second-order valence-electron chi connectivity index (χ2n) is 7.30. The first-order valence-corrected chi connectivity index (χ1v) is 11.2. The maximum atomic E-state index is 13.5. The number of sulfonamides is 1. The van der Waals surface area contributed by atoms with E-state index in [0.29, 0.717) is 16.5 Å². The molecule has 0 amide bonds. The van der Waals surface area contributed by atoms with Crippen molar-refractivity contribution in [3.8, 4) is 0 Å². The highest BCUT2D eigenvalue weighted by molar-refractivity contribution is 7.89. The topological polar surface area (TPSA) is 37.4 Å². The number of aryl methyl sites for hydroxylation is 1. The summed E-state index contributed by atoms with van der Waals surface area (Å²) < 4.78 is 28.6. The molecule has 3 aromatic carbocycles. The molecular weight excluding hydrogens is 390 g/mol. The van der Waals surface area contributed by atoms with E-state index in [1.54, 1.807) is 16.4 Å². The maximum absolute atomic E-state index is 13.5. The van der Waals surface area contributed by atoms with Crippen molar-refractivity contribution in [2.24, 2.45) is 0 Å². The summed E-state index contributed by atoms with van der Waals surface area (Å²) in [6.07, 6.45) is 0.747. The van der Waals surface area contributed by atoms with E-state index in [9.17, 15) is 8.42 Å². The van der Waals surface area contributed by atoms with Crippen molar-refractivity contribution >= 4 is 21.6 Å². The minimum atomic E-state index is -3.59. The SMILES string of the molecule is Cc1ccc(S(=O)(=O)N2CC(c3ccc(Cl)cc3)CC2c2ccccc2)cc1. The lowest BCUT2D eigenvalue weighted by atomic mass is 9.94. The number of benzene rings is 3. The van der Waals surface area contributed by atoms with E-state index in [1.807, 2.05) is 73.7 Å². The van der Waals surface area contributed by atoms with Crippen LogP contribution in [0, 0.1) is 6.92 Å². The van der Waals surface area contributed by atoms with Crippen LogP contribution in [0.15, 0.2) is 83.8 Å². The smallest absolute Gasteiger partial charge is 0.207 e. The number of halogens is 1. The van der Waals surface area contributed by atoms with E-state index < -0.39 is 10.0 Å². The molecule has 144 valence electrons. The molecule has 4 rings (SSSR count). The van der Waals surface area contributed by atoms with Gasteiger partial charge >= 0.3 is 0 Å². The fourth-order valence-electron chi connectivity index (χ4n) is 3.87. The van der Waals surface area contributed by atoms with Crippen LogP contribution in [-0.4, -0.2) is 19.3 Å². The monoisotopic (exact) mass is 411 g/mol. The third-order valence-electron chi connectivity index (χ3n) is 5.41. The second-order valence-corrected chi connectivity index (χ2v) is 9.63. The molecule has 1 aliphatic rings. The molecule has 5 heteroatoms. The van der Waals surface area contributed by atoms with Crippen molar-refractivity contribution in [1.82, 2.24) is 4.31 Å². The zero-order valence-electron chi connectivity index (χ0n) is 15.6. The molecule has 3 aromatic rings. The van der Waals surface area contributed by atoms with E-state index in [-0.39, 0.29) is 12.0 Å². The predicted molar refractivity (Wildman–Crippen MR) is 113 cm³/mol. The van der Waals surface area contributed by atoms with Gasteiger partial charge in [0.2, 0.25) is 10.0 Å². The van der Waals surface area contributed by atoms with Crippen molar-refractivity contribution in [2.75, 3.05) is 6.54 Å². The third-order valence-corrected chi connectivity index (χ3v) is 7.55. The molecule has 0 aromatic heterocycles. The quantitative estimate of drug-likeness (QED) is 0.563. The Bertz CT molecular complexity index is 1050. The molecule has 2 unspecified atom stereocenters. The number of rotatable bonds is 4. The van der Waals surface area contributed by atoms with Gasteiger partial charge in [0.25, 0.3) is 0 Å². The fraction of sp³-hybridized carbons (Fsp3) is 0.217. The number of nitrogens with zero attached hydrogens (tertiary/aromatic N) is 1. The first kappa shape index (κ1) is 19.2. The highest BCUT2D eigenvalue weighted by atomic mass is 35.5. The normalized spacial score (nSPS) is 20.4. The molecule has 0 spiro atoms. The predicted octanol–water partition coefficient (Wildman–Crippen LogP) is 5.57. The average Bonchev–Trinajstić information content (AvgIpc) is 3.16. The molecule has 28 heavy (non-hydrogen) atoms. The fourth-order valence-corrected chi connectivity index (χ4v) is 5.67. The molecular formula is C23H22ClNO2S. The second kappa shape index (κ2) is 7.70. The van der Waals surface area contributed by atoms with Gasteiger partial charge in [-0.15, -0.1) is 0 Å².